The predicted octanol–water partition coefficient (Wildman–Crippen LogP) is -5.92. The molecule has 16 nitrogen and oxygen atoms in total. The van der Waals surface area contributed by atoms with Crippen LogP contribution < -0.4 is 0 Å². The third-order valence-electron chi connectivity index (χ3n) is 2.99. The fourth-order valence-electron chi connectivity index (χ4n) is 1.49. The Hall–Kier alpha value is -1.40. The number of carbonyl (C=O) groups excluding carboxylic acids is 1. The first kappa shape index (κ1) is 29.8. The Morgan fingerprint density at radius 2 is 1.17 bits per heavy atom. The molecule has 1 aliphatic rings. The van der Waals surface area contributed by atoms with Crippen LogP contribution in [0.15, 0.2) is 11.5 Å². The van der Waals surface area contributed by atoms with Crippen LogP contribution in [0.4, 0.5) is 0 Å². The molecule has 0 spiro atoms. The highest BCUT2D eigenvalue weighted by molar-refractivity contribution is 7.45. The topological polar surface area (TPSA) is 306 Å². The molecule has 0 aliphatic carbocycles. The molecule has 0 aromatic carbocycles. The van der Waals surface area contributed by atoms with Crippen molar-refractivity contribution in [3.63, 3.8) is 0 Å². The van der Waals surface area contributed by atoms with Crippen molar-refractivity contribution in [2.75, 3.05) is 19.8 Å². The zero-order valence-electron chi connectivity index (χ0n) is 14.6. The molecule has 174 valence electrons. The molecule has 0 radical (unpaired) electrons. The lowest BCUT2D eigenvalue weighted by molar-refractivity contribution is -0.147. The first-order valence-corrected chi connectivity index (χ1v) is 9.03. The van der Waals surface area contributed by atoms with Gasteiger partial charge in [-0.2, -0.15) is 0 Å². The Kier molecular flexibility index (Phi) is 14.1. The molecule has 0 aromatic heterocycles. The second-order valence-electron chi connectivity index (χ2n) is 5.30. The van der Waals surface area contributed by atoms with Crippen molar-refractivity contribution in [2.45, 2.75) is 36.6 Å². The molecule has 17 heteroatoms. The van der Waals surface area contributed by atoms with Gasteiger partial charge >= 0.3 is 13.8 Å². The van der Waals surface area contributed by atoms with Crippen molar-refractivity contribution in [2.24, 2.45) is 0 Å². The van der Waals surface area contributed by atoms with E-state index in [-0.39, 0.29) is 0 Å². The molecule has 0 saturated carbocycles. The zero-order valence-corrected chi connectivity index (χ0v) is 15.5. The van der Waals surface area contributed by atoms with Gasteiger partial charge < -0.3 is 70.5 Å². The summed E-state index contributed by atoms with van der Waals surface area (Å²) in [7, 11) is -4.64. The second kappa shape index (κ2) is 13.8. The maximum atomic E-state index is 10.5. The average Bonchev–Trinajstić information content (AvgIpc) is 2.91. The summed E-state index contributed by atoms with van der Waals surface area (Å²) in [6.45, 7) is -2.12. The van der Waals surface area contributed by atoms with E-state index < -0.39 is 81.8 Å². The molecule has 1 aliphatic heterocycles. The van der Waals surface area contributed by atoms with Gasteiger partial charge in [0.2, 0.25) is 5.76 Å². The highest BCUT2D eigenvalue weighted by Crippen LogP contribution is 2.25. The second-order valence-corrected chi connectivity index (χ2v) is 6.33. The van der Waals surface area contributed by atoms with Gasteiger partial charge in [0, 0.05) is 0 Å². The molecule has 1 heterocycles. The van der Waals surface area contributed by atoms with Crippen molar-refractivity contribution in [1.82, 2.24) is 0 Å². The quantitative estimate of drug-likeness (QED) is 0.125. The summed E-state index contributed by atoms with van der Waals surface area (Å²) in [4.78, 5) is 32.1. The van der Waals surface area contributed by atoms with E-state index in [0.29, 0.717) is 0 Å². The molecule has 1 rings (SSSR count). The van der Waals surface area contributed by atoms with Gasteiger partial charge in [0.05, 0.1) is 19.8 Å². The molecule has 29 heavy (non-hydrogen) atoms. The minimum Gasteiger partial charge on any atom is -0.505 e. The van der Waals surface area contributed by atoms with E-state index in [1.54, 1.807) is 0 Å². The van der Waals surface area contributed by atoms with E-state index in [0.717, 1.165) is 0 Å². The molecular formula is C12H25O16P. The lowest BCUT2D eigenvalue weighted by Crippen LogP contribution is -2.46. The van der Waals surface area contributed by atoms with Crippen LogP contribution in [0.3, 0.4) is 0 Å². The third-order valence-corrected chi connectivity index (χ3v) is 2.99. The summed E-state index contributed by atoms with van der Waals surface area (Å²) in [6, 6.07) is 0. The van der Waals surface area contributed by atoms with E-state index in [1.807, 2.05) is 0 Å². The van der Waals surface area contributed by atoms with Crippen LogP contribution in [0.5, 0.6) is 0 Å². The Morgan fingerprint density at radius 3 is 1.38 bits per heavy atom. The van der Waals surface area contributed by atoms with Gasteiger partial charge in [-0.05, 0) is 0 Å². The summed E-state index contributed by atoms with van der Waals surface area (Å²) in [5.74, 6) is -2.78. The lowest BCUT2D eigenvalue weighted by Gasteiger charge is -2.24. The molecule has 0 saturated heterocycles. The van der Waals surface area contributed by atoms with Gasteiger partial charge in [0.1, 0.15) is 30.5 Å². The number of cyclic esters (lactones) is 1. The predicted molar refractivity (Wildman–Crippen MR) is 87.7 cm³/mol. The number of aliphatic hydroxyl groups excluding tert-OH is 10. The molecule has 0 amide bonds. The standard InChI is InChI=1S/C6H8O6.C6H14O6.H3O4P/c7-1-2(8)5-3(9)4(10)6(11)12-5;7-1-3(9)5(11)6(12)4(10)2-8;1-5(2,3)4/h2,5,7-10H,1H2;3-12H,1-2H2;(H3,1,2,3,4)/t2-,5+;3-,4-,5-,6-;/m01./s1. The number of carbonyl (C=O) groups is 1. The van der Waals surface area contributed by atoms with Crippen molar-refractivity contribution in [3.05, 3.63) is 11.5 Å². The Balaban J connectivity index is 0. The summed E-state index contributed by atoms with van der Waals surface area (Å²) < 4.78 is 13.2. The van der Waals surface area contributed by atoms with E-state index >= 15 is 0 Å². The number of hydrogen-bond donors (Lipinski definition) is 13. The maximum Gasteiger partial charge on any atom is 0.466 e. The van der Waals surface area contributed by atoms with Crippen molar-refractivity contribution >= 4 is 13.8 Å². The van der Waals surface area contributed by atoms with Gasteiger partial charge in [-0.15, -0.1) is 0 Å². The number of hydrogen-bond acceptors (Lipinski definition) is 13. The number of aliphatic hydroxyl groups is 10. The molecule has 13 N–H and O–H groups in total. The van der Waals surface area contributed by atoms with Crippen molar-refractivity contribution < 1.29 is 79.8 Å². The van der Waals surface area contributed by atoms with Crippen molar-refractivity contribution in [3.8, 4) is 0 Å². The maximum absolute atomic E-state index is 10.5. The minimum atomic E-state index is -4.64. The summed E-state index contributed by atoms with van der Waals surface area (Å²) >= 11 is 0. The SMILES string of the molecule is O=C1O[C@H]([C@@H](O)CO)C(O)=C1O.O=P(O)(O)O.OC[C@@H](O)[C@@H](O)[C@H](O)[C@H](O)CO. The largest absolute Gasteiger partial charge is 0.505 e. The first-order valence-electron chi connectivity index (χ1n) is 7.46. The van der Waals surface area contributed by atoms with Crippen LogP contribution in [-0.2, 0) is 14.1 Å². The van der Waals surface area contributed by atoms with Crippen LogP contribution in [0.2, 0.25) is 0 Å². The Morgan fingerprint density at radius 1 is 0.828 bits per heavy atom. The number of phosphoric acid groups is 1. The number of rotatable bonds is 7. The number of esters is 1. The molecule has 0 bridgehead atoms. The number of ether oxygens (including phenoxy) is 1. The van der Waals surface area contributed by atoms with E-state index in [2.05, 4.69) is 4.74 Å². The molecule has 0 fully saturated rings. The van der Waals surface area contributed by atoms with Gasteiger partial charge in [-0.1, -0.05) is 0 Å². The van der Waals surface area contributed by atoms with Crippen LogP contribution in [-0.4, -0.2) is 128 Å². The summed E-state index contributed by atoms with van der Waals surface area (Å²) in [5, 5.41) is 87.2. The van der Waals surface area contributed by atoms with Gasteiger partial charge in [-0.3, -0.25) is 0 Å². The zero-order chi connectivity index (χ0) is 23.5. The van der Waals surface area contributed by atoms with E-state index in [9.17, 15) is 4.79 Å². The van der Waals surface area contributed by atoms with E-state index in [1.165, 1.54) is 0 Å². The minimum absolute atomic E-state index is 0.671. The van der Waals surface area contributed by atoms with Crippen molar-refractivity contribution in [1.29, 1.82) is 0 Å². The van der Waals surface area contributed by atoms with Gasteiger partial charge in [-0.25, -0.2) is 9.36 Å². The van der Waals surface area contributed by atoms with E-state index in [4.69, 9.17) is 70.3 Å². The third kappa shape index (κ3) is 12.0. The fraction of sp³-hybridized carbons (Fsp3) is 0.750. The molecular weight excluding hydrogens is 431 g/mol. The Bertz CT molecular complexity index is 538. The summed E-state index contributed by atoms with van der Waals surface area (Å²) in [5.41, 5.74) is 0. The van der Waals surface area contributed by atoms with Gasteiger partial charge in [0.15, 0.2) is 11.9 Å². The first-order chi connectivity index (χ1) is 13.1. The highest BCUT2D eigenvalue weighted by Gasteiger charge is 2.38. The fourth-order valence-corrected chi connectivity index (χ4v) is 1.49. The molecule has 0 unspecified atom stereocenters. The normalized spacial score (nSPS) is 21.6. The average molecular weight is 456 g/mol. The van der Waals surface area contributed by atoms with Crippen LogP contribution >= 0.6 is 7.82 Å². The van der Waals surface area contributed by atoms with Crippen LogP contribution in [0.1, 0.15) is 0 Å². The lowest BCUT2D eigenvalue weighted by atomic mass is 10.0. The monoisotopic (exact) mass is 456 g/mol. The Labute approximate surface area is 162 Å². The van der Waals surface area contributed by atoms with Crippen LogP contribution in [0.25, 0.3) is 0 Å². The molecule has 0 aromatic rings. The van der Waals surface area contributed by atoms with Crippen LogP contribution in [0, 0.1) is 0 Å². The smallest absolute Gasteiger partial charge is 0.466 e. The van der Waals surface area contributed by atoms with Gasteiger partial charge in [0.25, 0.3) is 0 Å². The molecule has 6 atom stereocenters. The summed E-state index contributed by atoms with van der Waals surface area (Å²) in [6.07, 6.45) is -9.17. The highest BCUT2D eigenvalue weighted by atomic mass is 31.2.